The molecule has 0 amide bonds. The number of benzene rings is 4. The van der Waals surface area contributed by atoms with Crippen LogP contribution in [0.1, 0.15) is 0 Å². The summed E-state index contributed by atoms with van der Waals surface area (Å²) in [7, 11) is 0. The molecule has 0 aliphatic heterocycles. The van der Waals surface area contributed by atoms with Crippen LogP contribution in [0.5, 0.6) is 0 Å². The molecule has 0 saturated heterocycles. The standard InChI is InChI=1S/2C13H9N.CH2N2/c2*1-3-7-12-10(5-1)9-11-6-2-4-8-13(11)14-12;2-1-3/h2*1-9H;2H2. The maximum Gasteiger partial charge on any atom is 0.173 e. The van der Waals surface area contributed by atoms with Crippen molar-refractivity contribution in [1.82, 2.24) is 9.97 Å². The third-order valence-electron chi connectivity index (χ3n) is 4.85. The third kappa shape index (κ3) is 4.58. The first-order valence-electron chi connectivity index (χ1n) is 9.87. The molecule has 0 aliphatic rings. The average Bonchev–Trinajstić information content (AvgIpc) is 2.82. The molecular weight excluding hydrogens is 380 g/mol. The van der Waals surface area contributed by atoms with Gasteiger partial charge in [0.1, 0.15) is 0 Å². The average molecular weight is 400 g/mol. The van der Waals surface area contributed by atoms with Crippen LogP contribution >= 0.6 is 0 Å². The molecular formula is C27H20N4. The van der Waals surface area contributed by atoms with Gasteiger partial charge < -0.3 is 5.73 Å². The van der Waals surface area contributed by atoms with E-state index in [2.05, 4.69) is 52.1 Å². The van der Waals surface area contributed by atoms with Crippen LogP contribution in [0.15, 0.2) is 109 Å². The lowest BCUT2D eigenvalue weighted by molar-refractivity contribution is 1.45. The number of aromatic nitrogens is 2. The number of nitrogens with zero attached hydrogens (tertiary/aromatic N) is 3. The Bertz CT molecular complexity index is 1200. The molecule has 0 aliphatic carbocycles. The van der Waals surface area contributed by atoms with Crippen molar-refractivity contribution in [2.75, 3.05) is 0 Å². The van der Waals surface area contributed by atoms with Crippen molar-refractivity contribution < 1.29 is 0 Å². The van der Waals surface area contributed by atoms with Crippen molar-refractivity contribution in [3.05, 3.63) is 109 Å². The molecule has 0 saturated carbocycles. The second kappa shape index (κ2) is 9.34. The minimum Gasteiger partial charge on any atom is -0.337 e. The molecule has 31 heavy (non-hydrogen) atoms. The van der Waals surface area contributed by atoms with Crippen LogP contribution in [0, 0.1) is 11.5 Å². The molecule has 4 aromatic carbocycles. The third-order valence-corrected chi connectivity index (χ3v) is 4.85. The van der Waals surface area contributed by atoms with E-state index in [1.807, 2.05) is 72.8 Å². The Morgan fingerprint density at radius 3 is 0.968 bits per heavy atom. The lowest BCUT2D eigenvalue weighted by Gasteiger charge is -1.99. The summed E-state index contributed by atoms with van der Waals surface area (Å²) < 4.78 is 0. The minimum atomic E-state index is 1.06. The largest absolute Gasteiger partial charge is 0.337 e. The molecule has 148 valence electrons. The van der Waals surface area contributed by atoms with E-state index < -0.39 is 0 Å². The number of para-hydroxylation sites is 4. The Morgan fingerprint density at radius 2 is 0.710 bits per heavy atom. The summed E-state index contributed by atoms with van der Waals surface area (Å²) in [5.74, 6) is 0. The number of fused-ring (bicyclic) bond motifs is 4. The summed E-state index contributed by atoms with van der Waals surface area (Å²) in [5.41, 5.74) is 8.40. The zero-order valence-electron chi connectivity index (χ0n) is 16.8. The lowest BCUT2D eigenvalue weighted by Crippen LogP contribution is -1.80. The first-order valence-corrected chi connectivity index (χ1v) is 9.87. The van der Waals surface area contributed by atoms with Crippen molar-refractivity contribution in [2.24, 2.45) is 5.73 Å². The van der Waals surface area contributed by atoms with Gasteiger partial charge in [0.2, 0.25) is 0 Å². The van der Waals surface area contributed by atoms with Crippen molar-refractivity contribution >= 4 is 43.6 Å². The zero-order chi connectivity index (χ0) is 21.5. The first kappa shape index (κ1) is 19.8. The highest BCUT2D eigenvalue weighted by molar-refractivity contribution is 5.93. The van der Waals surface area contributed by atoms with Gasteiger partial charge in [-0.2, -0.15) is 5.26 Å². The summed E-state index contributed by atoms with van der Waals surface area (Å²) in [6.45, 7) is 0. The van der Waals surface area contributed by atoms with Gasteiger partial charge in [0, 0.05) is 21.5 Å². The van der Waals surface area contributed by atoms with E-state index in [4.69, 9.17) is 5.26 Å². The molecule has 2 heterocycles. The Hall–Kier alpha value is -4.49. The molecule has 0 atom stereocenters. The van der Waals surface area contributed by atoms with Crippen LogP contribution < -0.4 is 5.73 Å². The molecule has 0 fully saturated rings. The second-order valence-electron chi connectivity index (χ2n) is 6.88. The fourth-order valence-electron chi connectivity index (χ4n) is 3.44. The highest BCUT2D eigenvalue weighted by Gasteiger charge is 1.97. The number of hydrogen-bond donors (Lipinski definition) is 1. The van der Waals surface area contributed by atoms with Crippen LogP contribution in [0.2, 0.25) is 0 Å². The van der Waals surface area contributed by atoms with Gasteiger partial charge >= 0.3 is 0 Å². The van der Waals surface area contributed by atoms with Gasteiger partial charge in [0.15, 0.2) is 6.19 Å². The molecule has 4 nitrogen and oxygen atoms in total. The van der Waals surface area contributed by atoms with E-state index >= 15 is 0 Å². The predicted octanol–water partition coefficient (Wildman–Crippen LogP) is 6.20. The van der Waals surface area contributed by atoms with Gasteiger partial charge in [-0.1, -0.05) is 72.8 Å². The highest BCUT2D eigenvalue weighted by Crippen LogP contribution is 2.19. The van der Waals surface area contributed by atoms with Crippen molar-refractivity contribution in [1.29, 1.82) is 5.26 Å². The number of pyridine rings is 2. The van der Waals surface area contributed by atoms with E-state index in [0.29, 0.717) is 0 Å². The molecule has 2 aromatic heterocycles. The predicted molar refractivity (Wildman–Crippen MR) is 128 cm³/mol. The monoisotopic (exact) mass is 400 g/mol. The smallest absolute Gasteiger partial charge is 0.173 e. The summed E-state index contributed by atoms with van der Waals surface area (Å²) in [6, 6.07) is 37.1. The molecule has 4 heteroatoms. The first-order chi connectivity index (χ1) is 15.3. The van der Waals surface area contributed by atoms with E-state index in [1.54, 1.807) is 0 Å². The summed E-state index contributed by atoms with van der Waals surface area (Å²) >= 11 is 0. The number of hydrogen-bond acceptors (Lipinski definition) is 4. The fourth-order valence-corrected chi connectivity index (χ4v) is 3.44. The molecule has 2 N–H and O–H groups in total. The number of rotatable bonds is 0. The van der Waals surface area contributed by atoms with Gasteiger partial charge in [0.25, 0.3) is 0 Å². The quantitative estimate of drug-likeness (QED) is 0.187. The van der Waals surface area contributed by atoms with Gasteiger partial charge in [-0.05, 0) is 36.4 Å². The van der Waals surface area contributed by atoms with E-state index in [9.17, 15) is 0 Å². The molecule has 6 rings (SSSR count). The Kier molecular flexibility index (Phi) is 5.97. The normalized spacial score (nSPS) is 10.0. The maximum absolute atomic E-state index is 7.10. The van der Waals surface area contributed by atoms with Crippen molar-refractivity contribution in [3.8, 4) is 6.19 Å². The van der Waals surface area contributed by atoms with Crippen LogP contribution in [0.3, 0.4) is 0 Å². The minimum absolute atomic E-state index is 1.06. The second-order valence-corrected chi connectivity index (χ2v) is 6.88. The summed E-state index contributed by atoms with van der Waals surface area (Å²) in [5, 5.41) is 11.9. The van der Waals surface area contributed by atoms with Crippen molar-refractivity contribution in [2.45, 2.75) is 0 Å². The van der Waals surface area contributed by atoms with Crippen LogP contribution in [-0.2, 0) is 0 Å². The number of nitriles is 1. The van der Waals surface area contributed by atoms with Gasteiger partial charge in [-0.3, -0.25) is 0 Å². The van der Waals surface area contributed by atoms with Crippen LogP contribution in [-0.4, -0.2) is 9.97 Å². The molecule has 0 spiro atoms. The maximum atomic E-state index is 7.10. The molecule has 0 bridgehead atoms. The summed E-state index contributed by atoms with van der Waals surface area (Å²) in [6.07, 6.45) is 1.25. The van der Waals surface area contributed by atoms with Gasteiger partial charge in [-0.25, -0.2) is 9.97 Å². The van der Waals surface area contributed by atoms with Gasteiger partial charge in [0.05, 0.1) is 22.1 Å². The van der Waals surface area contributed by atoms with E-state index in [0.717, 1.165) is 22.1 Å². The molecule has 0 unspecified atom stereocenters. The molecule has 6 aromatic rings. The SMILES string of the molecule is N#CN.c1ccc2nc3ccccc3cc2c1.c1ccc2nc3ccccc3cc2c1. The van der Waals surface area contributed by atoms with E-state index in [-0.39, 0.29) is 0 Å². The Balaban J connectivity index is 0.000000133. The zero-order valence-corrected chi connectivity index (χ0v) is 16.8. The Labute approximate surface area is 180 Å². The van der Waals surface area contributed by atoms with E-state index in [1.165, 1.54) is 27.7 Å². The van der Waals surface area contributed by atoms with Crippen molar-refractivity contribution in [3.63, 3.8) is 0 Å². The topological polar surface area (TPSA) is 75.6 Å². The number of nitrogens with two attached hydrogens (primary N) is 1. The van der Waals surface area contributed by atoms with Crippen LogP contribution in [0.25, 0.3) is 43.6 Å². The lowest BCUT2D eigenvalue weighted by atomic mass is 10.1. The fraction of sp³-hybridized carbons (Fsp3) is 0. The van der Waals surface area contributed by atoms with Crippen LogP contribution in [0.4, 0.5) is 0 Å². The highest BCUT2D eigenvalue weighted by atomic mass is 14.7. The summed E-state index contributed by atoms with van der Waals surface area (Å²) in [4.78, 5) is 9.16. The van der Waals surface area contributed by atoms with Gasteiger partial charge in [-0.15, -0.1) is 0 Å². The Morgan fingerprint density at radius 1 is 0.484 bits per heavy atom. The molecule has 0 radical (unpaired) electrons.